The lowest BCUT2D eigenvalue weighted by molar-refractivity contribution is -0.138. The molecule has 0 spiro atoms. The summed E-state index contributed by atoms with van der Waals surface area (Å²) in [6.45, 7) is 2.28. The zero-order valence-corrected chi connectivity index (χ0v) is 12.9. The Morgan fingerprint density at radius 2 is 2.09 bits per heavy atom. The molecule has 0 unspecified atom stereocenters. The first-order valence-electron chi connectivity index (χ1n) is 7.02. The summed E-state index contributed by atoms with van der Waals surface area (Å²) in [5, 5.41) is 5.16. The second-order valence-corrected chi connectivity index (χ2v) is 5.59. The van der Waals surface area contributed by atoms with E-state index in [0.29, 0.717) is 5.13 Å². The average Bonchev–Trinajstić information content (AvgIpc) is 2.96. The molecule has 1 heterocycles. The monoisotopic (exact) mass is 330 g/mol. The summed E-state index contributed by atoms with van der Waals surface area (Å²) in [5.41, 5.74) is -0.494. The van der Waals surface area contributed by atoms with Gasteiger partial charge in [-0.05, 0) is 18.6 Å². The van der Waals surface area contributed by atoms with E-state index in [1.165, 1.54) is 17.4 Å². The SMILES string of the molecule is CCCCCOc1c(Nc2nccs2)cccc1C(F)(F)F. The van der Waals surface area contributed by atoms with Gasteiger partial charge in [-0.15, -0.1) is 11.3 Å². The number of thiazole rings is 1. The minimum Gasteiger partial charge on any atom is -0.491 e. The highest BCUT2D eigenvalue weighted by Gasteiger charge is 2.35. The standard InChI is InChI=1S/C15H17F3N2OS/c1-2-3-4-9-21-13-11(15(16,17)18)6-5-7-12(13)20-14-19-8-10-22-14/h5-8,10H,2-4,9H2,1H3,(H,19,20). The van der Waals surface area contributed by atoms with Crippen molar-refractivity contribution in [1.29, 1.82) is 0 Å². The molecule has 1 aromatic heterocycles. The summed E-state index contributed by atoms with van der Waals surface area (Å²) >= 11 is 1.31. The van der Waals surface area contributed by atoms with E-state index in [0.717, 1.165) is 25.3 Å². The molecule has 0 fully saturated rings. The zero-order chi connectivity index (χ0) is 16.0. The van der Waals surface area contributed by atoms with E-state index in [1.54, 1.807) is 17.6 Å². The topological polar surface area (TPSA) is 34.1 Å². The van der Waals surface area contributed by atoms with Crippen molar-refractivity contribution in [1.82, 2.24) is 4.98 Å². The third-order valence-corrected chi connectivity index (χ3v) is 3.68. The number of benzene rings is 1. The van der Waals surface area contributed by atoms with E-state index in [-0.39, 0.29) is 18.0 Å². The molecule has 22 heavy (non-hydrogen) atoms. The van der Waals surface area contributed by atoms with E-state index in [9.17, 15) is 13.2 Å². The van der Waals surface area contributed by atoms with E-state index in [4.69, 9.17) is 4.74 Å². The molecule has 1 aromatic carbocycles. The van der Waals surface area contributed by atoms with Crippen molar-refractivity contribution in [2.75, 3.05) is 11.9 Å². The number of halogens is 3. The number of anilines is 2. The molecule has 0 radical (unpaired) electrons. The van der Waals surface area contributed by atoms with E-state index in [1.807, 2.05) is 6.92 Å². The number of nitrogens with zero attached hydrogens (tertiary/aromatic N) is 1. The summed E-state index contributed by atoms with van der Waals surface area (Å²) < 4.78 is 44.9. The molecule has 0 aliphatic rings. The Bertz CT molecular complexity index is 585. The lowest BCUT2D eigenvalue weighted by Gasteiger charge is -2.17. The van der Waals surface area contributed by atoms with Gasteiger partial charge >= 0.3 is 6.18 Å². The Morgan fingerprint density at radius 1 is 1.27 bits per heavy atom. The van der Waals surface area contributed by atoms with Gasteiger partial charge in [0.2, 0.25) is 0 Å². The molecule has 120 valence electrons. The van der Waals surface area contributed by atoms with Crippen molar-refractivity contribution < 1.29 is 17.9 Å². The predicted octanol–water partition coefficient (Wildman–Crippen LogP) is 5.47. The average molecular weight is 330 g/mol. The smallest absolute Gasteiger partial charge is 0.420 e. The van der Waals surface area contributed by atoms with Crippen LogP contribution in [0.4, 0.5) is 24.0 Å². The van der Waals surface area contributed by atoms with Crippen molar-refractivity contribution in [3.05, 3.63) is 35.3 Å². The number of nitrogens with one attached hydrogen (secondary N) is 1. The van der Waals surface area contributed by atoms with Crippen LogP contribution in [0.25, 0.3) is 0 Å². The summed E-state index contributed by atoms with van der Waals surface area (Å²) in [6.07, 6.45) is -0.250. The van der Waals surface area contributed by atoms with Crippen molar-refractivity contribution in [3.8, 4) is 5.75 Å². The molecule has 2 aromatic rings. The summed E-state index contributed by atoms with van der Waals surface area (Å²) in [5.74, 6) is -0.165. The molecule has 0 saturated heterocycles. The second kappa shape index (κ2) is 7.49. The number of para-hydroxylation sites is 1. The molecule has 7 heteroatoms. The summed E-state index contributed by atoms with van der Waals surface area (Å²) in [4.78, 5) is 4.02. The number of alkyl halides is 3. The van der Waals surface area contributed by atoms with Crippen molar-refractivity contribution in [2.24, 2.45) is 0 Å². The normalized spacial score (nSPS) is 11.5. The third kappa shape index (κ3) is 4.37. The first kappa shape index (κ1) is 16.6. The van der Waals surface area contributed by atoms with Crippen LogP contribution in [0.15, 0.2) is 29.8 Å². The Kier molecular flexibility index (Phi) is 5.65. The van der Waals surface area contributed by atoms with E-state index in [2.05, 4.69) is 10.3 Å². The molecule has 1 N–H and O–H groups in total. The van der Waals surface area contributed by atoms with Gasteiger partial charge in [0, 0.05) is 11.6 Å². The van der Waals surface area contributed by atoms with Crippen molar-refractivity contribution >= 4 is 22.2 Å². The fourth-order valence-corrected chi connectivity index (χ4v) is 2.48. The molecule has 0 bridgehead atoms. The maximum atomic E-state index is 13.2. The van der Waals surface area contributed by atoms with Gasteiger partial charge in [-0.2, -0.15) is 13.2 Å². The van der Waals surface area contributed by atoms with Crippen LogP contribution in [-0.4, -0.2) is 11.6 Å². The highest BCUT2D eigenvalue weighted by molar-refractivity contribution is 7.13. The van der Waals surface area contributed by atoms with Crippen molar-refractivity contribution in [3.63, 3.8) is 0 Å². The predicted molar refractivity (Wildman–Crippen MR) is 81.9 cm³/mol. The maximum Gasteiger partial charge on any atom is 0.420 e. The second-order valence-electron chi connectivity index (χ2n) is 4.70. The van der Waals surface area contributed by atoms with Crippen LogP contribution in [0.2, 0.25) is 0 Å². The van der Waals surface area contributed by atoms with Crippen LogP contribution < -0.4 is 10.1 Å². The van der Waals surface area contributed by atoms with Crippen LogP contribution in [0.1, 0.15) is 31.7 Å². The molecule has 3 nitrogen and oxygen atoms in total. The Hall–Kier alpha value is -1.76. The van der Waals surface area contributed by atoms with Gasteiger partial charge in [0.1, 0.15) is 0 Å². The van der Waals surface area contributed by atoms with Gasteiger partial charge < -0.3 is 10.1 Å². The van der Waals surface area contributed by atoms with Crippen LogP contribution >= 0.6 is 11.3 Å². The number of hydrogen-bond donors (Lipinski definition) is 1. The Balaban J connectivity index is 2.26. The molecule has 0 saturated carbocycles. The number of rotatable bonds is 7. The molecule has 0 aliphatic carbocycles. The number of hydrogen-bond acceptors (Lipinski definition) is 4. The zero-order valence-electron chi connectivity index (χ0n) is 12.1. The highest BCUT2D eigenvalue weighted by atomic mass is 32.1. The van der Waals surface area contributed by atoms with E-state index >= 15 is 0 Å². The molecular formula is C15H17F3N2OS. The van der Waals surface area contributed by atoms with Gasteiger partial charge in [-0.25, -0.2) is 4.98 Å². The lowest BCUT2D eigenvalue weighted by Crippen LogP contribution is -2.11. The fourth-order valence-electron chi connectivity index (χ4n) is 1.94. The van der Waals surface area contributed by atoms with Gasteiger partial charge in [-0.1, -0.05) is 25.8 Å². The van der Waals surface area contributed by atoms with Crippen LogP contribution in [0, 0.1) is 0 Å². The van der Waals surface area contributed by atoms with Gasteiger partial charge in [0.15, 0.2) is 10.9 Å². The first-order chi connectivity index (χ1) is 10.5. The van der Waals surface area contributed by atoms with E-state index < -0.39 is 11.7 Å². The minimum atomic E-state index is -4.46. The number of unbranched alkanes of at least 4 members (excludes halogenated alkanes) is 2. The Morgan fingerprint density at radius 3 is 2.73 bits per heavy atom. The highest BCUT2D eigenvalue weighted by Crippen LogP contribution is 2.41. The number of aromatic nitrogens is 1. The number of ether oxygens (including phenoxy) is 1. The molecule has 0 atom stereocenters. The van der Waals surface area contributed by atoms with Gasteiger partial charge in [0.25, 0.3) is 0 Å². The first-order valence-corrected chi connectivity index (χ1v) is 7.90. The molecule has 2 rings (SSSR count). The Labute approximate surface area is 131 Å². The minimum absolute atomic E-state index is 0.165. The summed E-state index contributed by atoms with van der Waals surface area (Å²) in [6, 6.07) is 3.95. The molecular weight excluding hydrogens is 313 g/mol. The maximum absolute atomic E-state index is 13.2. The summed E-state index contributed by atoms with van der Waals surface area (Å²) in [7, 11) is 0. The quantitative estimate of drug-likeness (QED) is 0.683. The fraction of sp³-hybridized carbons (Fsp3) is 0.400. The molecule has 0 amide bonds. The van der Waals surface area contributed by atoms with Crippen molar-refractivity contribution in [2.45, 2.75) is 32.4 Å². The molecule has 0 aliphatic heterocycles. The third-order valence-electron chi connectivity index (χ3n) is 2.99. The van der Waals surface area contributed by atoms with Crippen LogP contribution in [0.5, 0.6) is 5.75 Å². The van der Waals surface area contributed by atoms with Gasteiger partial charge in [0.05, 0.1) is 17.9 Å². The van der Waals surface area contributed by atoms with Crippen LogP contribution in [-0.2, 0) is 6.18 Å². The van der Waals surface area contributed by atoms with Crippen LogP contribution in [0.3, 0.4) is 0 Å². The largest absolute Gasteiger partial charge is 0.491 e. The lowest BCUT2D eigenvalue weighted by atomic mass is 10.1. The van der Waals surface area contributed by atoms with Gasteiger partial charge in [-0.3, -0.25) is 0 Å².